The lowest BCUT2D eigenvalue weighted by molar-refractivity contribution is -0.143. The van der Waals surface area contributed by atoms with E-state index in [1.54, 1.807) is 44.2 Å². The molecule has 33 heavy (non-hydrogen) atoms. The van der Waals surface area contributed by atoms with Crippen molar-refractivity contribution in [2.45, 2.75) is 50.9 Å². The van der Waals surface area contributed by atoms with Gasteiger partial charge in [0.1, 0.15) is 24.2 Å². The van der Waals surface area contributed by atoms with Crippen molar-refractivity contribution in [2.75, 3.05) is 6.61 Å². The maximum absolute atomic E-state index is 12.7. The zero-order chi connectivity index (χ0) is 25.1. The Morgan fingerprint density at radius 3 is 1.94 bits per heavy atom. The fourth-order valence-corrected chi connectivity index (χ4v) is 2.85. The third-order valence-corrected chi connectivity index (χ3v) is 4.69. The van der Waals surface area contributed by atoms with E-state index in [-0.39, 0.29) is 6.42 Å². The van der Waals surface area contributed by atoms with Gasteiger partial charge in [0, 0.05) is 6.42 Å². The molecule has 0 radical (unpaired) electrons. The maximum Gasteiger partial charge on any atom is 0.326 e. The normalized spacial score (nSPS) is 14.5. The molecule has 0 aliphatic heterocycles. The van der Waals surface area contributed by atoms with Crippen LogP contribution in [0, 0.1) is 5.92 Å². The molecular formula is C21H30N4O8. The highest BCUT2D eigenvalue weighted by molar-refractivity contribution is 5.95. The number of carbonyl (C=O) groups excluding carboxylic acids is 3. The van der Waals surface area contributed by atoms with Crippen LogP contribution in [0.2, 0.25) is 0 Å². The highest BCUT2D eigenvalue weighted by Crippen LogP contribution is 2.07. The third-order valence-electron chi connectivity index (χ3n) is 4.69. The number of hydrogen-bond donors (Lipinski definition) is 7. The number of carboxylic acids is 2. The molecule has 0 saturated carbocycles. The van der Waals surface area contributed by atoms with Crippen LogP contribution in [-0.4, -0.2) is 75.8 Å². The highest BCUT2D eigenvalue weighted by atomic mass is 16.4. The molecule has 0 aliphatic rings. The Balaban J connectivity index is 2.98. The van der Waals surface area contributed by atoms with Gasteiger partial charge in [0.2, 0.25) is 17.7 Å². The van der Waals surface area contributed by atoms with Crippen molar-refractivity contribution >= 4 is 29.7 Å². The second kappa shape index (κ2) is 13.1. The van der Waals surface area contributed by atoms with Crippen LogP contribution in [-0.2, 0) is 30.4 Å². The molecule has 0 bridgehead atoms. The lowest BCUT2D eigenvalue weighted by Crippen LogP contribution is -2.59. The molecule has 1 aromatic rings. The third kappa shape index (κ3) is 9.25. The molecule has 0 unspecified atom stereocenters. The van der Waals surface area contributed by atoms with Gasteiger partial charge >= 0.3 is 11.9 Å². The predicted molar refractivity (Wildman–Crippen MR) is 116 cm³/mol. The number of nitrogens with one attached hydrogen (secondary N) is 3. The average Bonchev–Trinajstić information content (AvgIpc) is 2.75. The lowest BCUT2D eigenvalue weighted by Gasteiger charge is -2.26. The van der Waals surface area contributed by atoms with Gasteiger partial charge in [-0.3, -0.25) is 19.2 Å². The minimum atomic E-state index is -1.60. The number of hydrogen-bond acceptors (Lipinski definition) is 7. The number of aliphatic carboxylic acids is 2. The quantitative estimate of drug-likeness (QED) is 0.175. The molecule has 4 atom stereocenters. The van der Waals surface area contributed by atoms with Crippen LogP contribution in [0.3, 0.4) is 0 Å². The van der Waals surface area contributed by atoms with E-state index in [4.69, 9.17) is 15.9 Å². The minimum Gasteiger partial charge on any atom is -0.481 e. The molecule has 0 aliphatic carbocycles. The summed E-state index contributed by atoms with van der Waals surface area (Å²) in [6.07, 6.45) is -0.871. The number of carboxylic acid groups (broad SMARTS) is 2. The van der Waals surface area contributed by atoms with Crippen molar-refractivity contribution in [3.8, 4) is 0 Å². The monoisotopic (exact) mass is 466 g/mol. The number of aliphatic hydroxyl groups is 1. The van der Waals surface area contributed by atoms with Gasteiger partial charge in [0.05, 0.1) is 13.0 Å². The number of carbonyl (C=O) groups is 5. The van der Waals surface area contributed by atoms with E-state index in [1.165, 1.54) is 0 Å². The van der Waals surface area contributed by atoms with Gasteiger partial charge in [-0.15, -0.1) is 0 Å². The Labute approximate surface area is 190 Å². The molecule has 12 nitrogen and oxygen atoms in total. The van der Waals surface area contributed by atoms with Crippen molar-refractivity contribution in [3.05, 3.63) is 35.9 Å². The second-order valence-electron chi connectivity index (χ2n) is 7.77. The number of benzene rings is 1. The number of nitrogens with two attached hydrogens (primary N) is 1. The minimum absolute atomic E-state index is 0.0562. The van der Waals surface area contributed by atoms with Crippen LogP contribution in [0.1, 0.15) is 25.8 Å². The molecule has 0 fully saturated rings. The molecule has 0 spiro atoms. The van der Waals surface area contributed by atoms with Crippen molar-refractivity contribution in [2.24, 2.45) is 11.7 Å². The van der Waals surface area contributed by atoms with Crippen molar-refractivity contribution < 1.29 is 39.3 Å². The van der Waals surface area contributed by atoms with Crippen LogP contribution < -0.4 is 21.7 Å². The summed E-state index contributed by atoms with van der Waals surface area (Å²) in [5.41, 5.74) is 6.07. The molecule has 0 saturated heterocycles. The van der Waals surface area contributed by atoms with Gasteiger partial charge in [-0.05, 0) is 11.5 Å². The number of aliphatic hydroxyl groups excluding tert-OH is 1. The smallest absolute Gasteiger partial charge is 0.326 e. The Morgan fingerprint density at radius 1 is 0.879 bits per heavy atom. The summed E-state index contributed by atoms with van der Waals surface area (Å²) < 4.78 is 0. The van der Waals surface area contributed by atoms with Crippen molar-refractivity contribution in [3.63, 3.8) is 0 Å². The molecule has 0 heterocycles. The van der Waals surface area contributed by atoms with Gasteiger partial charge in [-0.1, -0.05) is 44.2 Å². The lowest BCUT2D eigenvalue weighted by atomic mass is 10.0. The fourth-order valence-electron chi connectivity index (χ4n) is 2.85. The van der Waals surface area contributed by atoms with Gasteiger partial charge in [-0.2, -0.15) is 0 Å². The standard InChI is InChI=1S/C21H30N4O8/c1-11(2)17(25-18(29)13(22)10-26)20(31)23-14(9-16(27)28)19(30)24-15(21(32)33)8-12-6-4-3-5-7-12/h3-7,11,13-15,17,26H,8-10,22H2,1-2H3,(H,23,31)(H,24,30)(H,25,29)(H,27,28)(H,32,33)/t13-,14-,15-,17-/m0/s1. The maximum atomic E-state index is 12.7. The van der Waals surface area contributed by atoms with E-state index in [9.17, 15) is 29.1 Å². The van der Waals surface area contributed by atoms with Crippen LogP contribution in [0.15, 0.2) is 30.3 Å². The van der Waals surface area contributed by atoms with E-state index in [0.29, 0.717) is 5.56 Å². The first kappa shape index (κ1) is 27.5. The Hall–Kier alpha value is -3.51. The summed E-state index contributed by atoms with van der Waals surface area (Å²) in [6.45, 7) is 2.55. The molecule has 3 amide bonds. The first-order valence-electron chi connectivity index (χ1n) is 10.2. The highest BCUT2D eigenvalue weighted by Gasteiger charge is 2.32. The summed E-state index contributed by atoms with van der Waals surface area (Å²) >= 11 is 0. The first-order chi connectivity index (χ1) is 15.5. The topological polar surface area (TPSA) is 208 Å². The predicted octanol–water partition coefficient (Wildman–Crippen LogP) is -1.78. The molecule has 182 valence electrons. The van der Waals surface area contributed by atoms with Gasteiger partial charge in [-0.25, -0.2) is 4.79 Å². The Morgan fingerprint density at radius 2 is 1.45 bits per heavy atom. The molecule has 1 aromatic carbocycles. The second-order valence-corrected chi connectivity index (χ2v) is 7.77. The first-order valence-corrected chi connectivity index (χ1v) is 10.2. The zero-order valence-corrected chi connectivity index (χ0v) is 18.4. The summed E-state index contributed by atoms with van der Waals surface area (Å²) in [7, 11) is 0. The van der Waals surface area contributed by atoms with Gasteiger partial charge in [0.15, 0.2) is 0 Å². The zero-order valence-electron chi connectivity index (χ0n) is 18.4. The summed E-state index contributed by atoms with van der Waals surface area (Å²) in [4.78, 5) is 60.3. The molecular weight excluding hydrogens is 436 g/mol. The van der Waals surface area contributed by atoms with Gasteiger partial charge in [0.25, 0.3) is 0 Å². The number of amides is 3. The van der Waals surface area contributed by atoms with E-state index < -0.39 is 72.8 Å². The fraction of sp³-hybridized carbons (Fsp3) is 0.476. The van der Waals surface area contributed by atoms with E-state index in [0.717, 1.165) is 0 Å². The Bertz CT molecular complexity index is 846. The van der Waals surface area contributed by atoms with Crippen LogP contribution >= 0.6 is 0 Å². The average molecular weight is 466 g/mol. The van der Waals surface area contributed by atoms with Gasteiger partial charge < -0.3 is 37.0 Å². The summed E-state index contributed by atoms with van der Waals surface area (Å²) in [6, 6.07) is 3.07. The van der Waals surface area contributed by atoms with E-state index in [2.05, 4.69) is 16.0 Å². The number of rotatable bonds is 13. The van der Waals surface area contributed by atoms with E-state index in [1.807, 2.05) is 0 Å². The SMILES string of the molecule is CC(C)[C@H](NC(=O)[C@@H](N)CO)C(=O)N[C@@H](CC(=O)O)C(=O)N[C@@H](Cc1ccccc1)C(=O)O. The van der Waals surface area contributed by atoms with Crippen LogP contribution in [0.5, 0.6) is 0 Å². The van der Waals surface area contributed by atoms with Crippen LogP contribution in [0.25, 0.3) is 0 Å². The van der Waals surface area contributed by atoms with Crippen molar-refractivity contribution in [1.82, 2.24) is 16.0 Å². The largest absolute Gasteiger partial charge is 0.481 e. The molecule has 1 rings (SSSR count). The van der Waals surface area contributed by atoms with Crippen LogP contribution in [0.4, 0.5) is 0 Å². The summed E-state index contributed by atoms with van der Waals surface area (Å²) in [5.74, 6) is -5.89. The molecule has 0 aromatic heterocycles. The summed E-state index contributed by atoms with van der Waals surface area (Å²) in [5, 5.41) is 34.5. The molecule has 12 heteroatoms. The molecule has 8 N–H and O–H groups in total. The van der Waals surface area contributed by atoms with Crippen molar-refractivity contribution in [1.29, 1.82) is 0 Å². The van der Waals surface area contributed by atoms with E-state index >= 15 is 0 Å². The Kier molecular flexibility index (Phi) is 11.0.